The minimum Gasteiger partial charge on any atom is -1.00 e. The predicted molar refractivity (Wildman–Crippen MR) is 43.1 cm³/mol. The Morgan fingerprint density at radius 3 is 1.23 bits per heavy atom. The van der Waals surface area contributed by atoms with Crippen LogP contribution in [0.15, 0.2) is 36.5 Å². The van der Waals surface area contributed by atoms with E-state index in [9.17, 15) is 0 Å². The normalized spacial score (nSPS) is 13.5. The van der Waals surface area contributed by atoms with Crippen LogP contribution in [0.1, 0.15) is 12.8 Å². The summed E-state index contributed by atoms with van der Waals surface area (Å²) in [7, 11) is 0. The molecule has 0 aromatic rings. The van der Waals surface area contributed by atoms with Gasteiger partial charge in [0.15, 0.2) is 0 Å². The van der Waals surface area contributed by atoms with Gasteiger partial charge in [-0.1, -0.05) is 0 Å². The third-order valence-corrected chi connectivity index (χ3v) is 1.17. The standard InChI is InChI=1S/2C5H5.2FH.Ti/c2*1-2-4-5-3-1;;;/h2*1-3H,4H2;2*1H;/q2*-1;;;+4/p-2. The van der Waals surface area contributed by atoms with Crippen LogP contribution in [-0.4, -0.2) is 0 Å². The van der Waals surface area contributed by atoms with Gasteiger partial charge in [-0.15, -0.1) is 12.8 Å². The molecule has 2 rings (SSSR count). The van der Waals surface area contributed by atoms with Gasteiger partial charge in [0.05, 0.1) is 0 Å². The molecule has 68 valence electrons. The molecule has 0 aromatic carbocycles. The summed E-state index contributed by atoms with van der Waals surface area (Å²) >= 11 is 0. The van der Waals surface area contributed by atoms with E-state index in [4.69, 9.17) is 0 Å². The summed E-state index contributed by atoms with van der Waals surface area (Å²) in [6, 6.07) is 0. The van der Waals surface area contributed by atoms with E-state index in [1.54, 1.807) is 0 Å². The molecule has 0 fully saturated rings. The van der Waals surface area contributed by atoms with Gasteiger partial charge in [-0.05, 0) is 0 Å². The van der Waals surface area contributed by atoms with Crippen molar-refractivity contribution in [3.63, 3.8) is 0 Å². The van der Waals surface area contributed by atoms with E-state index >= 15 is 0 Å². The maximum atomic E-state index is 2.99. The Kier molecular flexibility index (Phi) is 19.9. The van der Waals surface area contributed by atoms with Crippen molar-refractivity contribution in [2.24, 2.45) is 0 Å². The summed E-state index contributed by atoms with van der Waals surface area (Å²) in [6.45, 7) is 0. The van der Waals surface area contributed by atoms with Gasteiger partial charge in [-0.2, -0.15) is 12.2 Å². The molecule has 0 atom stereocenters. The molecule has 0 spiro atoms. The Labute approximate surface area is 92.7 Å². The smallest absolute Gasteiger partial charge is 1.00 e. The van der Waals surface area contributed by atoms with Gasteiger partial charge in [0.2, 0.25) is 0 Å². The summed E-state index contributed by atoms with van der Waals surface area (Å²) in [6.07, 6.45) is 20.0. The van der Waals surface area contributed by atoms with Crippen LogP contribution in [0.5, 0.6) is 0 Å². The number of halogens is 2. The van der Waals surface area contributed by atoms with Crippen molar-refractivity contribution in [2.75, 3.05) is 0 Å². The monoisotopic (exact) mass is 216 g/mol. The minimum atomic E-state index is 0. The van der Waals surface area contributed by atoms with Gasteiger partial charge in [-0.3, -0.25) is 12.2 Å². The molecule has 0 nitrogen and oxygen atoms in total. The molecular formula is C10H10F2Ti. The van der Waals surface area contributed by atoms with E-state index in [1.165, 1.54) is 0 Å². The van der Waals surface area contributed by atoms with E-state index in [0.717, 1.165) is 12.8 Å². The van der Waals surface area contributed by atoms with Gasteiger partial charge < -0.3 is 9.41 Å². The summed E-state index contributed by atoms with van der Waals surface area (Å²) in [4.78, 5) is 0. The van der Waals surface area contributed by atoms with Crippen molar-refractivity contribution in [3.05, 3.63) is 48.6 Å². The fourth-order valence-electron chi connectivity index (χ4n) is 0.680. The fourth-order valence-corrected chi connectivity index (χ4v) is 0.680. The fraction of sp³-hybridized carbons (Fsp3) is 0.200. The average Bonchev–Trinajstić information content (AvgIpc) is 2.67. The van der Waals surface area contributed by atoms with Gasteiger partial charge in [0, 0.05) is 0 Å². The molecular weight excluding hydrogens is 206 g/mol. The maximum Gasteiger partial charge on any atom is 4.00 e. The van der Waals surface area contributed by atoms with Crippen LogP contribution in [0, 0.1) is 12.2 Å². The minimum absolute atomic E-state index is 0. The van der Waals surface area contributed by atoms with Crippen LogP contribution in [0.25, 0.3) is 0 Å². The molecule has 0 unspecified atom stereocenters. The molecule has 0 aliphatic heterocycles. The molecule has 2 aliphatic carbocycles. The maximum absolute atomic E-state index is 2.99. The molecule has 0 radical (unpaired) electrons. The number of rotatable bonds is 0. The first-order chi connectivity index (χ1) is 5.00. The third-order valence-electron chi connectivity index (χ3n) is 1.17. The molecule has 0 N–H and O–H groups in total. The van der Waals surface area contributed by atoms with Crippen LogP contribution in [0.2, 0.25) is 0 Å². The number of hydrogen-bond acceptors (Lipinski definition) is 0. The molecule has 13 heavy (non-hydrogen) atoms. The second-order valence-electron chi connectivity index (χ2n) is 2.01. The first kappa shape index (κ1) is 18.3. The van der Waals surface area contributed by atoms with Gasteiger partial charge in [0.1, 0.15) is 0 Å². The van der Waals surface area contributed by atoms with E-state index in [2.05, 4.69) is 24.3 Å². The average molecular weight is 216 g/mol. The van der Waals surface area contributed by atoms with Crippen molar-refractivity contribution in [1.29, 1.82) is 0 Å². The SMILES string of the molecule is [C-]1=CC=CC1.[C-]1=CC=CC1.[F-].[F-].[Ti+4]. The van der Waals surface area contributed by atoms with Gasteiger partial charge >= 0.3 is 21.7 Å². The number of hydrogen-bond donors (Lipinski definition) is 0. The van der Waals surface area contributed by atoms with E-state index in [0.29, 0.717) is 0 Å². The summed E-state index contributed by atoms with van der Waals surface area (Å²) < 4.78 is 0. The molecule has 0 amide bonds. The molecule has 2 aliphatic rings. The van der Waals surface area contributed by atoms with Crippen LogP contribution in [0.3, 0.4) is 0 Å². The topological polar surface area (TPSA) is 0 Å². The Morgan fingerprint density at radius 2 is 1.15 bits per heavy atom. The summed E-state index contributed by atoms with van der Waals surface area (Å²) in [5, 5.41) is 0. The quantitative estimate of drug-likeness (QED) is 0.293. The third kappa shape index (κ3) is 11.5. The van der Waals surface area contributed by atoms with Crippen LogP contribution >= 0.6 is 0 Å². The molecule has 0 bridgehead atoms. The first-order valence-electron chi connectivity index (χ1n) is 3.43. The largest absolute Gasteiger partial charge is 4.00 e. The predicted octanol–water partition coefficient (Wildman–Crippen LogP) is -3.38. The first-order valence-corrected chi connectivity index (χ1v) is 3.43. The Morgan fingerprint density at radius 1 is 0.769 bits per heavy atom. The van der Waals surface area contributed by atoms with Crippen molar-refractivity contribution in [3.8, 4) is 0 Å². The number of allylic oxidation sites excluding steroid dienone is 8. The summed E-state index contributed by atoms with van der Waals surface area (Å²) in [5.74, 6) is 0. The Bertz CT molecular complexity index is 151. The second-order valence-corrected chi connectivity index (χ2v) is 2.01. The zero-order valence-electron chi connectivity index (χ0n) is 7.13. The van der Waals surface area contributed by atoms with E-state index in [1.807, 2.05) is 24.3 Å². The second kappa shape index (κ2) is 14.1. The zero-order chi connectivity index (χ0) is 7.07. The van der Waals surface area contributed by atoms with Crippen molar-refractivity contribution in [2.45, 2.75) is 12.8 Å². The van der Waals surface area contributed by atoms with E-state index < -0.39 is 0 Å². The molecule has 0 saturated carbocycles. The molecule has 0 heterocycles. The summed E-state index contributed by atoms with van der Waals surface area (Å²) in [5.41, 5.74) is 0. The Balaban J connectivity index is -0.000000125. The molecule has 0 aromatic heterocycles. The van der Waals surface area contributed by atoms with Crippen molar-refractivity contribution < 1.29 is 31.1 Å². The van der Waals surface area contributed by atoms with Gasteiger partial charge in [-0.25, -0.2) is 24.3 Å². The molecule has 3 heteroatoms. The van der Waals surface area contributed by atoms with Crippen LogP contribution < -0.4 is 9.41 Å². The van der Waals surface area contributed by atoms with Crippen molar-refractivity contribution >= 4 is 0 Å². The van der Waals surface area contributed by atoms with Crippen molar-refractivity contribution in [1.82, 2.24) is 0 Å². The Hall–Kier alpha value is -0.466. The van der Waals surface area contributed by atoms with E-state index in [-0.39, 0.29) is 31.1 Å². The van der Waals surface area contributed by atoms with Crippen LogP contribution in [-0.2, 0) is 21.7 Å². The zero-order valence-corrected chi connectivity index (χ0v) is 8.70. The molecule has 0 saturated heterocycles. The van der Waals surface area contributed by atoms with Gasteiger partial charge in [0.25, 0.3) is 0 Å². The van der Waals surface area contributed by atoms with Crippen LogP contribution in [0.4, 0.5) is 0 Å².